The van der Waals surface area contributed by atoms with E-state index in [-0.39, 0.29) is 58.2 Å². The van der Waals surface area contributed by atoms with Crippen molar-refractivity contribution in [1.82, 2.24) is 0 Å². The van der Waals surface area contributed by atoms with E-state index in [1.807, 2.05) is 24.3 Å². The van der Waals surface area contributed by atoms with E-state index < -0.39 is 12.1 Å². The molecule has 0 radical (unpaired) electrons. The summed E-state index contributed by atoms with van der Waals surface area (Å²) in [5, 5.41) is 45.8. The van der Waals surface area contributed by atoms with E-state index in [1.54, 1.807) is 30.5 Å². The quantitative estimate of drug-likeness (QED) is 0.213. The molecule has 8 nitrogen and oxygen atoms in total. The van der Waals surface area contributed by atoms with Crippen LogP contribution in [0, 0.1) is 46.3 Å². The van der Waals surface area contributed by atoms with Crippen molar-refractivity contribution in [3.05, 3.63) is 59.7 Å². The first-order chi connectivity index (χ1) is 21.9. The number of benzene rings is 2. The van der Waals surface area contributed by atoms with Crippen molar-refractivity contribution >= 4 is 29.5 Å². The van der Waals surface area contributed by atoms with Gasteiger partial charge in [-0.1, -0.05) is 32.9 Å². The number of carboxylic acid groups (broad SMARTS) is 1. The molecule has 6 rings (SSSR count). The molecule has 0 spiro atoms. The van der Waals surface area contributed by atoms with E-state index in [0.717, 1.165) is 62.6 Å². The molecule has 0 aromatic heterocycles. The zero-order valence-corrected chi connectivity index (χ0v) is 27.3. The molecule has 8 heteroatoms. The lowest BCUT2D eigenvalue weighted by molar-refractivity contribution is -0.207. The third kappa shape index (κ3) is 6.04. The number of fused-ring (bicyclic) bond motifs is 5. The number of amides is 1. The second-order valence-electron chi connectivity index (χ2n) is 15.3. The normalized spacial score (nSPS) is 37.6. The second-order valence-corrected chi connectivity index (χ2v) is 15.3. The minimum Gasteiger partial charge on any atom is -0.478 e. The molecule has 2 aromatic rings. The SMILES string of the molecule is C[C@H](CCC(=O)Nc1ccc(N=Cc2ccc(C(=O)O)cc2)cc1)[C@H]1CC[C@H]2[C@@H]3[C@H](O)C[C@@H]4C[C@H](O)CC[C@]4(C)[C@H]3C[C@H](O)[C@]12C. The van der Waals surface area contributed by atoms with Crippen molar-refractivity contribution in [1.29, 1.82) is 0 Å². The first-order valence-electron chi connectivity index (χ1n) is 17.2. The van der Waals surface area contributed by atoms with Gasteiger partial charge in [0.15, 0.2) is 0 Å². The Labute approximate surface area is 272 Å². The number of carboxylic acids is 1. The molecule has 0 saturated heterocycles. The van der Waals surface area contributed by atoms with E-state index in [1.165, 1.54) is 0 Å². The van der Waals surface area contributed by atoms with Crippen LogP contribution >= 0.6 is 0 Å². The first kappa shape index (κ1) is 32.9. The van der Waals surface area contributed by atoms with E-state index >= 15 is 0 Å². The van der Waals surface area contributed by atoms with Crippen LogP contribution in [-0.4, -0.2) is 56.8 Å². The standard InChI is InChI=1S/C38H50N2O6/c1-22(4-15-34(44)40-27-11-9-26(10-12-27)39-21-23-5-7-24(8-6-23)36(45)46)29-13-14-30-35-31(20-33(43)38(29,30)3)37(2)17-16-28(41)18-25(37)19-32(35)42/h5-12,21-22,25,28-33,35,41-43H,4,13-20H2,1-3H3,(H,40,44)(H,45,46)/t22-,25+,28-,29-,30+,31+,32-,33+,35+,37+,38-/m1/s1. The molecule has 11 atom stereocenters. The lowest BCUT2D eigenvalue weighted by Gasteiger charge is -2.63. The van der Waals surface area contributed by atoms with E-state index in [0.29, 0.717) is 23.9 Å². The maximum Gasteiger partial charge on any atom is 0.335 e. The van der Waals surface area contributed by atoms with Gasteiger partial charge >= 0.3 is 5.97 Å². The molecular weight excluding hydrogens is 580 g/mol. The monoisotopic (exact) mass is 630 g/mol. The maximum absolute atomic E-state index is 13.0. The Bertz CT molecular complexity index is 1440. The van der Waals surface area contributed by atoms with Gasteiger partial charge in [0.2, 0.25) is 5.91 Å². The second kappa shape index (κ2) is 12.9. The number of carbonyl (C=O) groups excluding carboxylic acids is 1. The lowest BCUT2D eigenvalue weighted by Crippen LogP contribution is -2.62. The van der Waals surface area contributed by atoms with Crippen molar-refractivity contribution in [2.24, 2.45) is 51.3 Å². The minimum absolute atomic E-state index is 0.0354. The minimum atomic E-state index is -0.965. The average Bonchev–Trinajstić information content (AvgIpc) is 3.39. The molecule has 4 saturated carbocycles. The van der Waals surface area contributed by atoms with Crippen molar-refractivity contribution in [3.63, 3.8) is 0 Å². The van der Waals surface area contributed by atoms with Gasteiger partial charge < -0.3 is 25.7 Å². The van der Waals surface area contributed by atoms with Gasteiger partial charge in [-0.15, -0.1) is 0 Å². The van der Waals surface area contributed by atoms with Gasteiger partial charge in [-0.2, -0.15) is 0 Å². The van der Waals surface area contributed by atoms with Gasteiger partial charge in [-0.05, 0) is 140 Å². The zero-order chi connectivity index (χ0) is 32.8. The fraction of sp³-hybridized carbons (Fsp3) is 0.605. The van der Waals surface area contributed by atoms with Crippen molar-refractivity contribution in [2.75, 3.05) is 5.32 Å². The number of hydrogen-bond donors (Lipinski definition) is 5. The lowest BCUT2D eigenvalue weighted by atomic mass is 9.43. The summed E-state index contributed by atoms with van der Waals surface area (Å²) < 4.78 is 0. The Balaban J connectivity index is 1.04. The van der Waals surface area contributed by atoms with E-state index in [2.05, 4.69) is 31.1 Å². The highest BCUT2D eigenvalue weighted by Crippen LogP contribution is 2.68. The summed E-state index contributed by atoms with van der Waals surface area (Å²) >= 11 is 0. The van der Waals surface area contributed by atoms with Gasteiger partial charge in [0.1, 0.15) is 0 Å². The zero-order valence-electron chi connectivity index (χ0n) is 27.3. The van der Waals surface area contributed by atoms with Gasteiger partial charge in [-0.3, -0.25) is 9.79 Å². The van der Waals surface area contributed by atoms with Gasteiger partial charge in [-0.25, -0.2) is 4.79 Å². The van der Waals surface area contributed by atoms with E-state index in [9.17, 15) is 24.9 Å². The number of aromatic carboxylic acids is 1. The molecule has 4 fully saturated rings. The highest BCUT2D eigenvalue weighted by Gasteiger charge is 2.65. The fourth-order valence-corrected chi connectivity index (χ4v) is 10.4. The number of aliphatic hydroxyl groups excluding tert-OH is 3. The molecule has 4 aliphatic carbocycles. The summed E-state index contributed by atoms with van der Waals surface area (Å²) in [7, 11) is 0. The topological polar surface area (TPSA) is 139 Å². The van der Waals surface area contributed by atoms with Crippen LogP contribution in [0.15, 0.2) is 53.5 Å². The Kier molecular flexibility index (Phi) is 9.18. The van der Waals surface area contributed by atoms with Crippen LogP contribution in [0.5, 0.6) is 0 Å². The number of anilines is 1. The van der Waals surface area contributed by atoms with Crippen molar-refractivity contribution in [2.45, 2.75) is 96.9 Å². The molecule has 46 heavy (non-hydrogen) atoms. The van der Waals surface area contributed by atoms with Crippen LogP contribution in [0.4, 0.5) is 11.4 Å². The molecule has 4 aliphatic rings. The maximum atomic E-state index is 13.0. The summed E-state index contributed by atoms with van der Waals surface area (Å²) in [6.45, 7) is 6.85. The summed E-state index contributed by atoms with van der Waals surface area (Å²) in [5.74, 6) is 0.616. The molecule has 0 aliphatic heterocycles. The largest absolute Gasteiger partial charge is 0.478 e. The van der Waals surface area contributed by atoms with Crippen LogP contribution in [-0.2, 0) is 4.79 Å². The van der Waals surface area contributed by atoms with Gasteiger partial charge in [0.05, 0.1) is 29.6 Å². The van der Waals surface area contributed by atoms with Crippen LogP contribution in [0.25, 0.3) is 0 Å². The summed E-state index contributed by atoms with van der Waals surface area (Å²) in [4.78, 5) is 28.4. The summed E-state index contributed by atoms with van der Waals surface area (Å²) in [6.07, 6.45) is 7.79. The Morgan fingerprint density at radius 2 is 1.67 bits per heavy atom. The van der Waals surface area contributed by atoms with Crippen LogP contribution < -0.4 is 5.32 Å². The number of hydrogen-bond acceptors (Lipinski definition) is 6. The predicted molar refractivity (Wildman–Crippen MR) is 178 cm³/mol. The number of aliphatic hydroxyl groups is 3. The Hall–Kier alpha value is -3.07. The first-order valence-corrected chi connectivity index (χ1v) is 17.2. The fourth-order valence-electron chi connectivity index (χ4n) is 10.4. The molecular formula is C38H50N2O6. The van der Waals surface area contributed by atoms with Crippen molar-refractivity contribution in [3.8, 4) is 0 Å². The molecule has 0 bridgehead atoms. The summed E-state index contributed by atoms with van der Waals surface area (Å²) in [6, 6.07) is 13.8. The Morgan fingerprint density at radius 1 is 0.957 bits per heavy atom. The van der Waals surface area contributed by atoms with Crippen LogP contribution in [0.2, 0.25) is 0 Å². The van der Waals surface area contributed by atoms with Gasteiger partial charge in [0, 0.05) is 18.3 Å². The number of carbonyl (C=O) groups is 2. The highest BCUT2D eigenvalue weighted by atomic mass is 16.4. The summed E-state index contributed by atoms with van der Waals surface area (Å²) in [5.41, 5.74) is 2.24. The molecule has 2 aromatic carbocycles. The highest BCUT2D eigenvalue weighted by molar-refractivity contribution is 5.91. The average molecular weight is 631 g/mol. The smallest absolute Gasteiger partial charge is 0.335 e. The molecule has 1 amide bonds. The van der Waals surface area contributed by atoms with Crippen molar-refractivity contribution < 1.29 is 30.0 Å². The van der Waals surface area contributed by atoms with Crippen LogP contribution in [0.1, 0.15) is 94.5 Å². The third-order valence-electron chi connectivity index (χ3n) is 13.0. The molecule has 0 heterocycles. The van der Waals surface area contributed by atoms with Crippen LogP contribution in [0.3, 0.4) is 0 Å². The number of nitrogens with zero attached hydrogens (tertiary/aromatic N) is 1. The Morgan fingerprint density at radius 3 is 2.37 bits per heavy atom. The van der Waals surface area contributed by atoms with E-state index in [4.69, 9.17) is 5.11 Å². The molecule has 5 N–H and O–H groups in total. The van der Waals surface area contributed by atoms with Gasteiger partial charge in [0.25, 0.3) is 0 Å². The number of rotatable bonds is 8. The predicted octanol–water partition coefficient (Wildman–Crippen LogP) is 6.45. The molecule has 248 valence electrons. The number of nitrogens with one attached hydrogen (secondary N) is 1. The molecule has 0 unspecified atom stereocenters. The number of aliphatic imine (C=N–C) groups is 1. The third-order valence-corrected chi connectivity index (χ3v) is 13.0.